The van der Waals surface area contributed by atoms with Crippen LogP contribution in [0, 0.1) is 0 Å². The largest absolute Gasteiger partial charge is 0.298 e. The van der Waals surface area contributed by atoms with E-state index in [1.807, 2.05) is 5.38 Å². The first-order valence-electron chi connectivity index (χ1n) is 4.12. The molecule has 76 valence electrons. The van der Waals surface area contributed by atoms with Crippen LogP contribution in [0.5, 0.6) is 0 Å². The number of hydrogen-bond donors (Lipinski definition) is 0. The van der Waals surface area contributed by atoms with Crippen molar-refractivity contribution < 1.29 is 4.79 Å². The highest BCUT2D eigenvalue weighted by Crippen LogP contribution is 2.36. The predicted octanol–water partition coefficient (Wildman–Crippen LogP) is 3.76. The molecule has 0 saturated carbocycles. The van der Waals surface area contributed by atoms with Crippen LogP contribution < -0.4 is 0 Å². The molecule has 0 aliphatic carbocycles. The molecule has 0 N–H and O–H groups in total. The molecule has 0 amide bonds. The van der Waals surface area contributed by atoms with Crippen molar-refractivity contribution in [1.29, 1.82) is 0 Å². The summed E-state index contributed by atoms with van der Waals surface area (Å²) < 4.78 is 0.881. The van der Waals surface area contributed by atoms with Crippen LogP contribution in [0.4, 0.5) is 0 Å². The molecule has 5 heteroatoms. The molecule has 0 saturated heterocycles. The maximum Gasteiger partial charge on any atom is 0.154 e. The smallest absolute Gasteiger partial charge is 0.154 e. The third kappa shape index (κ3) is 2.40. The second-order valence-electron chi connectivity index (χ2n) is 2.68. The summed E-state index contributed by atoms with van der Waals surface area (Å²) in [6.45, 7) is 0. The minimum absolute atomic E-state index is 0.583. The van der Waals surface area contributed by atoms with E-state index in [-0.39, 0.29) is 0 Å². The van der Waals surface area contributed by atoms with Crippen molar-refractivity contribution in [2.75, 3.05) is 0 Å². The van der Waals surface area contributed by atoms with Crippen LogP contribution in [-0.4, -0.2) is 11.3 Å². The standard InChI is InChI=1S/C10H6ClNOS2/c11-8-3-1-2-7(6-13)9(8)15-10-12-4-5-14-10/h1-6H. The number of aromatic nitrogens is 1. The van der Waals surface area contributed by atoms with Crippen molar-refractivity contribution in [1.82, 2.24) is 4.98 Å². The molecule has 2 aromatic rings. The number of carbonyl (C=O) groups excluding carboxylic acids is 1. The molecule has 1 aromatic carbocycles. The van der Waals surface area contributed by atoms with Crippen LogP contribution in [-0.2, 0) is 0 Å². The van der Waals surface area contributed by atoms with E-state index < -0.39 is 0 Å². The summed E-state index contributed by atoms with van der Waals surface area (Å²) in [6.07, 6.45) is 2.53. The normalized spacial score (nSPS) is 10.2. The highest BCUT2D eigenvalue weighted by molar-refractivity contribution is 8.01. The van der Waals surface area contributed by atoms with Gasteiger partial charge in [0.2, 0.25) is 0 Å². The van der Waals surface area contributed by atoms with Crippen LogP contribution in [0.15, 0.2) is 39.0 Å². The van der Waals surface area contributed by atoms with Crippen LogP contribution in [0.1, 0.15) is 10.4 Å². The number of nitrogens with zero attached hydrogens (tertiary/aromatic N) is 1. The molecule has 0 spiro atoms. The number of hydrogen-bond acceptors (Lipinski definition) is 4. The van der Waals surface area contributed by atoms with E-state index >= 15 is 0 Å². The highest BCUT2D eigenvalue weighted by Gasteiger charge is 2.09. The summed E-state index contributed by atoms with van der Waals surface area (Å²) in [6, 6.07) is 5.28. The summed E-state index contributed by atoms with van der Waals surface area (Å²) >= 11 is 8.96. The van der Waals surface area contributed by atoms with E-state index in [1.165, 1.54) is 23.1 Å². The number of thiazole rings is 1. The SMILES string of the molecule is O=Cc1cccc(Cl)c1Sc1nccs1. The molecule has 0 bridgehead atoms. The van der Waals surface area contributed by atoms with Gasteiger partial charge in [0.25, 0.3) is 0 Å². The van der Waals surface area contributed by atoms with Gasteiger partial charge in [0.05, 0.1) is 5.02 Å². The number of benzene rings is 1. The second kappa shape index (κ2) is 4.79. The predicted molar refractivity (Wildman–Crippen MR) is 63.1 cm³/mol. The van der Waals surface area contributed by atoms with E-state index in [1.54, 1.807) is 24.4 Å². The molecule has 1 heterocycles. The summed E-state index contributed by atoms with van der Waals surface area (Å²) in [7, 11) is 0. The Kier molecular flexibility index (Phi) is 3.41. The van der Waals surface area contributed by atoms with Gasteiger partial charge in [-0.15, -0.1) is 11.3 Å². The molecule has 15 heavy (non-hydrogen) atoms. The number of carbonyl (C=O) groups is 1. The molecule has 0 aliphatic rings. The van der Waals surface area contributed by atoms with Gasteiger partial charge in [0.15, 0.2) is 10.6 Å². The fourth-order valence-electron chi connectivity index (χ4n) is 1.07. The lowest BCUT2D eigenvalue weighted by Crippen LogP contribution is -1.85. The Balaban J connectivity index is 2.38. The Bertz CT molecular complexity index is 470. The molecule has 0 fully saturated rings. The highest BCUT2D eigenvalue weighted by atomic mass is 35.5. The maximum absolute atomic E-state index is 10.8. The van der Waals surface area contributed by atoms with Gasteiger partial charge >= 0.3 is 0 Å². The summed E-state index contributed by atoms with van der Waals surface area (Å²) in [5, 5.41) is 2.47. The minimum atomic E-state index is 0.583. The van der Waals surface area contributed by atoms with Gasteiger partial charge in [-0.05, 0) is 6.07 Å². The first-order valence-corrected chi connectivity index (χ1v) is 6.19. The molecular weight excluding hydrogens is 250 g/mol. The maximum atomic E-state index is 10.8. The quantitative estimate of drug-likeness (QED) is 0.783. The molecule has 2 rings (SSSR count). The zero-order valence-corrected chi connectivity index (χ0v) is 9.90. The van der Waals surface area contributed by atoms with Crippen molar-refractivity contribution in [3.8, 4) is 0 Å². The second-order valence-corrected chi connectivity index (χ2v) is 5.24. The summed E-state index contributed by atoms with van der Waals surface area (Å²) in [5.74, 6) is 0. The third-order valence-electron chi connectivity index (χ3n) is 1.72. The fourth-order valence-corrected chi connectivity index (χ4v) is 3.03. The Morgan fingerprint density at radius 1 is 1.47 bits per heavy atom. The first-order chi connectivity index (χ1) is 7.31. The van der Waals surface area contributed by atoms with Gasteiger partial charge < -0.3 is 0 Å². The molecular formula is C10H6ClNOS2. The van der Waals surface area contributed by atoms with Gasteiger partial charge in [-0.3, -0.25) is 4.79 Å². The van der Waals surface area contributed by atoms with Crippen molar-refractivity contribution in [3.63, 3.8) is 0 Å². The molecule has 0 unspecified atom stereocenters. The zero-order valence-electron chi connectivity index (χ0n) is 7.51. The first kappa shape index (κ1) is 10.7. The molecule has 0 atom stereocenters. The average molecular weight is 256 g/mol. The van der Waals surface area contributed by atoms with E-state index in [0.717, 1.165) is 15.5 Å². The van der Waals surface area contributed by atoms with Gasteiger partial charge in [-0.2, -0.15) is 0 Å². The third-order valence-corrected chi connectivity index (χ3v) is 4.19. The van der Waals surface area contributed by atoms with Crippen LogP contribution in [0.2, 0.25) is 5.02 Å². The summed E-state index contributed by atoms with van der Waals surface area (Å²) in [5.41, 5.74) is 0.600. The number of aldehydes is 1. The van der Waals surface area contributed by atoms with Crippen molar-refractivity contribution in [3.05, 3.63) is 40.4 Å². The van der Waals surface area contributed by atoms with E-state index in [2.05, 4.69) is 4.98 Å². The van der Waals surface area contributed by atoms with Crippen LogP contribution in [0.25, 0.3) is 0 Å². The minimum Gasteiger partial charge on any atom is -0.298 e. The van der Waals surface area contributed by atoms with E-state index in [0.29, 0.717) is 10.6 Å². The van der Waals surface area contributed by atoms with Crippen LogP contribution in [0.3, 0.4) is 0 Å². The monoisotopic (exact) mass is 255 g/mol. The van der Waals surface area contributed by atoms with E-state index in [9.17, 15) is 4.79 Å². The summed E-state index contributed by atoms with van der Waals surface area (Å²) in [4.78, 5) is 15.7. The number of halogens is 1. The number of rotatable bonds is 3. The average Bonchev–Trinajstić information content (AvgIpc) is 2.74. The fraction of sp³-hybridized carbons (Fsp3) is 0. The van der Waals surface area contributed by atoms with E-state index in [4.69, 9.17) is 11.6 Å². The molecule has 0 radical (unpaired) electrons. The Morgan fingerprint density at radius 2 is 2.33 bits per heavy atom. The van der Waals surface area contributed by atoms with Gasteiger partial charge in [0, 0.05) is 22.0 Å². The molecule has 0 aliphatic heterocycles. The lowest BCUT2D eigenvalue weighted by atomic mass is 10.2. The molecule has 2 nitrogen and oxygen atoms in total. The topological polar surface area (TPSA) is 30.0 Å². The lowest BCUT2D eigenvalue weighted by molar-refractivity contribution is 0.112. The van der Waals surface area contributed by atoms with Crippen LogP contribution >= 0.6 is 34.7 Å². The Hall–Kier alpha value is -0.840. The zero-order chi connectivity index (χ0) is 10.7. The molecule has 1 aromatic heterocycles. The van der Waals surface area contributed by atoms with Crippen molar-refractivity contribution in [2.45, 2.75) is 9.24 Å². The van der Waals surface area contributed by atoms with Crippen molar-refractivity contribution in [2.24, 2.45) is 0 Å². The van der Waals surface area contributed by atoms with Crippen molar-refractivity contribution >= 4 is 41.0 Å². The van der Waals surface area contributed by atoms with Gasteiger partial charge in [-0.1, -0.05) is 35.5 Å². The Morgan fingerprint density at radius 3 is 3.00 bits per heavy atom. The lowest BCUT2D eigenvalue weighted by Gasteiger charge is -2.03. The van der Waals surface area contributed by atoms with Gasteiger partial charge in [0.1, 0.15) is 0 Å². The Labute approximate surface area is 100 Å². The van der Waals surface area contributed by atoms with Gasteiger partial charge in [-0.25, -0.2) is 4.98 Å².